The fraction of sp³-hybridized carbons (Fsp3) is 0.765. The van der Waals surface area contributed by atoms with Crippen LogP contribution in [0.25, 0.3) is 0 Å². The van der Waals surface area contributed by atoms with Gasteiger partial charge in [-0.25, -0.2) is 9.97 Å². The Morgan fingerprint density at radius 2 is 1.81 bits per heavy atom. The minimum Gasteiger partial charge on any atom is -0.370 e. The van der Waals surface area contributed by atoms with Gasteiger partial charge in [0.1, 0.15) is 17.5 Å². The molecule has 0 atom stereocenters. The van der Waals surface area contributed by atoms with Gasteiger partial charge in [-0.1, -0.05) is 41.5 Å². The van der Waals surface area contributed by atoms with E-state index in [1.54, 1.807) is 0 Å². The third kappa shape index (κ3) is 4.87. The first kappa shape index (κ1) is 17.7. The number of nitrogens with zero attached hydrogens (tertiary/aromatic N) is 3. The van der Waals surface area contributed by atoms with Crippen molar-refractivity contribution in [3.63, 3.8) is 0 Å². The summed E-state index contributed by atoms with van der Waals surface area (Å²) >= 11 is 0. The standard InChI is InChI=1S/C17H32N4/c1-9-10-18-14-13(4)15(21(8)11-12(2)3)20-16(19-14)17(5,6)7/h12H,9-11H2,1-8H3,(H,18,19,20). The van der Waals surface area contributed by atoms with E-state index in [-0.39, 0.29) is 5.41 Å². The zero-order valence-electron chi connectivity index (χ0n) is 15.0. The van der Waals surface area contributed by atoms with Gasteiger partial charge in [0.05, 0.1) is 0 Å². The summed E-state index contributed by atoms with van der Waals surface area (Å²) in [6.07, 6.45) is 1.09. The number of nitrogens with one attached hydrogen (secondary N) is 1. The molecule has 1 aromatic heterocycles. The fourth-order valence-corrected chi connectivity index (χ4v) is 2.26. The maximum Gasteiger partial charge on any atom is 0.138 e. The largest absolute Gasteiger partial charge is 0.370 e. The van der Waals surface area contributed by atoms with Gasteiger partial charge in [-0.3, -0.25) is 0 Å². The zero-order chi connectivity index (χ0) is 16.2. The molecule has 0 aliphatic heterocycles. The van der Waals surface area contributed by atoms with Crippen LogP contribution in [0.2, 0.25) is 0 Å². The van der Waals surface area contributed by atoms with Gasteiger partial charge < -0.3 is 10.2 Å². The van der Waals surface area contributed by atoms with Crippen LogP contribution in [0.3, 0.4) is 0 Å². The molecule has 1 N–H and O–H groups in total. The third-order valence-corrected chi connectivity index (χ3v) is 3.33. The Hall–Kier alpha value is -1.32. The molecule has 0 saturated carbocycles. The molecule has 0 fully saturated rings. The highest BCUT2D eigenvalue weighted by Gasteiger charge is 2.22. The summed E-state index contributed by atoms with van der Waals surface area (Å²) in [5, 5.41) is 3.45. The Labute approximate surface area is 130 Å². The first-order valence-electron chi connectivity index (χ1n) is 8.01. The van der Waals surface area contributed by atoms with Gasteiger partial charge in [0.2, 0.25) is 0 Å². The average Bonchev–Trinajstić information content (AvgIpc) is 2.35. The van der Waals surface area contributed by atoms with Crippen LogP contribution in [0, 0.1) is 12.8 Å². The van der Waals surface area contributed by atoms with Crippen LogP contribution in [0.1, 0.15) is 59.4 Å². The van der Waals surface area contributed by atoms with Gasteiger partial charge in [-0.05, 0) is 19.3 Å². The van der Waals surface area contributed by atoms with E-state index in [2.05, 4.69) is 65.7 Å². The van der Waals surface area contributed by atoms with E-state index < -0.39 is 0 Å². The molecule has 4 nitrogen and oxygen atoms in total. The first-order chi connectivity index (χ1) is 9.66. The summed E-state index contributed by atoms with van der Waals surface area (Å²) in [6.45, 7) is 17.1. The molecule has 0 radical (unpaired) electrons. The van der Waals surface area contributed by atoms with Crippen LogP contribution in [0.4, 0.5) is 11.6 Å². The highest BCUT2D eigenvalue weighted by molar-refractivity contribution is 5.58. The van der Waals surface area contributed by atoms with Crippen LogP contribution in [0.5, 0.6) is 0 Å². The molecule has 1 aromatic rings. The molecule has 0 amide bonds. The van der Waals surface area contributed by atoms with Crippen molar-refractivity contribution in [3.05, 3.63) is 11.4 Å². The van der Waals surface area contributed by atoms with Crippen LogP contribution in [-0.2, 0) is 5.41 Å². The molecule has 0 bridgehead atoms. The quantitative estimate of drug-likeness (QED) is 0.860. The molecular formula is C17H32N4. The van der Waals surface area contributed by atoms with E-state index in [1.807, 2.05) is 0 Å². The van der Waals surface area contributed by atoms with Crippen LogP contribution >= 0.6 is 0 Å². The van der Waals surface area contributed by atoms with Crippen molar-refractivity contribution in [2.45, 2.75) is 60.3 Å². The summed E-state index contributed by atoms with van der Waals surface area (Å²) in [5.41, 5.74) is 1.09. The average molecular weight is 292 g/mol. The topological polar surface area (TPSA) is 41.1 Å². The van der Waals surface area contributed by atoms with E-state index in [4.69, 9.17) is 9.97 Å². The first-order valence-corrected chi connectivity index (χ1v) is 8.01. The number of rotatable bonds is 6. The van der Waals surface area contributed by atoms with E-state index in [0.717, 1.165) is 42.5 Å². The van der Waals surface area contributed by atoms with Crippen molar-refractivity contribution in [1.29, 1.82) is 0 Å². The van der Waals surface area contributed by atoms with Crippen molar-refractivity contribution in [3.8, 4) is 0 Å². The van der Waals surface area contributed by atoms with E-state index in [1.165, 1.54) is 0 Å². The summed E-state index contributed by atoms with van der Waals surface area (Å²) in [7, 11) is 2.12. The second kappa shape index (κ2) is 7.10. The number of anilines is 2. The molecule has 1 rings (SSSR count). The molecule has 0 aromatic carbocycles. The van der Waals surface area contributed by atoms with E-state index in [9.17, 15) is 0 Å². The lowest BCUT2D eigenvalue weighted by atomic mass is 9.95. The lowest BCUT2D eigenvalue weighted by Crippen LogP contribution is -2.27. The minimum atomic E-state index is -0.0518. The van der Waals surface area contributed by atoms with Gasteiger partial charge in [-0.2, -0.15) is 0 Å². The Morgan fingerprint density at radius 3 is 2.29 bits per heavy atom. The van der Waals surface area contributed by atoms with Crippen molar-refractivity contribution >= 4 is 11.6 Å². The van der Waals surface area contributed by atoms with Gasteiger partial charge in [0.15, 0.2) is 0 Å². The second-order valence-corrected chi connectivity index (χ2v) is 7.30. The predicted octanol–water partition coefficient (Wildman–Crippen LogP) is 4.00. The Kier molecular flexibility index (Phi) is 5.99. The van der Waals surface area contributed by atoms with Crippen molar-refractivity contribution in [1.82, 2.24) is 9.97 Å². The van der Waals surface area contributed by atoms with Crippen LogP contribution in [-0.4, -0.2) is 30.1 Å². The maximum atomic E-state index is 4.84. The predicted molar refractivity (Wildman–Crippen MR) is 92.4 cm³/mol. The third-order valence-electron chi connectivity index (χ3n) is 3.33. The van der Waals surface area contributed by atoms with Gasteiger partial charge in [-0.15, -0.1) is 0 Å². The molecular weight excluding hydrogens is 260 g/mol. The molecule has 0 spiro atoms. The zero-order valence-corrected chi connectivity index (χ0v) is 15.0. The smallest absolute Gasteiger partial charge is 0.138 e. The Morgan fingerprint density at radius 1 is 1.19 bits per heavy atom. The molecule has 0 aliphatic carbocycles. The Bertz CT molecular complexity index is 461. The fourth-order valence-electron chi connectivity index (χ4n) is 2.26. The van der Waals surface area contributed by atoms with E-state index in [0.29, 0.717) is 5.92 Å². The highest BCUT2D eigenvalue weighted by Crippen LogP contribution is 2.28. The molecule has 1 heterocycles. The van der Waals surface area contributed by atoms with Crippen LogP contribution < -0.4 is 10.2 Å². The number of hydrogen-bond donors (Lipinski definition) is 1. The van der Waals surface area contributed by atoms with Crippen molar-refractivity contribution < 1.29 is 0 Å². The lowest BCUT2D eigenvalue weighted by molar-refractivity contribution is 0.542. The van der Waals surface area contributed by atoms with Gasteiger partial charge in [0.25, 0.3) is 0 Å². The van der Waals surface area contributed by atoms with E-state index >= 15 is 0 Å². The molecule has 21 heavy (non-hydrogen) atoms. The lowest BCUT2D eigenvalue weighted by Gasteiger charge is -2.26. The SMILES string of the molecule is CCCNc1nc(C(C)(C)C)nc(N(C)CC(C)C)c1C. The monoisotopic (exact) mass is 292 g/mol. The molecule has 4 heteroatoms. The Balaban J connectivity index is 3.27. The highest BCUT2D eigenvalue weighted by atomic mass is 15.2. The van der Waals surface area contributed by atoms with Gasteiger partial charge in [0, 0.05) is 31.1 Å². The molecule has 0 saturated heterocycles. The summed E-state index contributed by atoms with van der Waals surface area (Å²) < 4.78 is 0. The number of hydrogen-bond acceptors (Lipinski definition) is 4. The van der Waals surface area contributed by atoms with Crippen molar-refractivity contribution in [2.24, 2.45) is 5.92 Å². The summed E-state index contributed by atoms with van der Waals surface area (Å²) in [6, 6.07) is 0. The summed E-state index contributed by atoms with van der Waals surface area (Å²) in [4.78, 5) is 11.8. The number of aromatic nitrogens is 2. The molecule has 0 unspecified atom stereocenters. The molecule has 120 valence electrons. The van der Waals surface area contributed by atoms with Gasteiger partial charge >= 0.3 is 0 Å². The maximum absolute atomic E-state index is 4.84. The second-order valence-electron chi connectivity index (χ2n) is 7.30. The normalized spacial score (nSPS) is 11.9. The van der Waals surface area contributed by atoms with Crippen molar-refractivity contribution in [2.75, 3.05) is 30.4 Å². The summed E-state index contributed by atoms with van der Waals surface area (Å²) in [5.74, 6) is 3.52. The van der Waals surface area contributed by atoms with Crippen LogP contribution in [0.15, 0.2) is 0 Å². The molecule has 0 aliphatic rings. The minimum absolute atomic E-state index is 0.0518.